The Kier molecular flexibility index (Phi) is 6.84. The minimum absolute atomic E-state index is 0.0950. The van der Waals surface area contributed by atoms with E-state index >= 15 is 0 Å². The van der Waals surface area contributed by atoms with E-state index in [1.165, 1.54) is 51.5 Å². The molecular weight excluding hydrogens is 430 g/mol. The van der Waals surface area contributed by atoms with E-state index < -0.39 is 0 Å². The van der Waals surface area contributed by atoms with E-state index in [4.69, 9.17) is 0 Å². The summed E-state index contributed by atoms with van der Waals surface area (Å²) in [6, 6.07) is 0. The number of fused-ring (bicyclic) bond motifs is 3. The number of hydrogen-bond donors (Lipinski definition) is 1. The van der Waals surface area contributed by atoms with Crippen LogP contribution in [0.5, 0.6) is 0 Å². The molecule has 0 spiro atoms. The second-order valence-electron chi connectivity index (χ2n) is 13.7. The molecule has 3 heteroatoms. The zero-order valence-corrected chi connectivity index (χ0v) is 23.7. The Morgan fingerprint density at radius 1 is 1.06 bits per heavy atom. The van der Waals surface area contributed by atoms with Crippen LogP contribution in [0.2, 0.25) is 0 Å². The van der Waals surface area contributed by atoms with E-state index in [0.29, 0.717) is 16.2 Å². The molecule has 0 heterocycles. The van der Waals surface area contributed by atoms with Gasteiger partial charge in [0.05, 0.1) is 0 Å². The molecule has 0 aromatic heterocycles. The fraction of sp³-hybridized carbons (Fsp3) is 0.719. The van der Waals surface area contributed by atoms with Crippen LogP contribution in [0.3, 0.4) is 0 Å². The van der Waals surface area contributed by atoms with Gasteiger partial charge < -0.3 is 10.0 Å². The number of carbonyl (C=O) groups is 1. The van der Waals surface area contributed by atoms with Crippen LogP contribution < -0.4 is 0 Å². The quantitative estimate of drug-likeness (QED) is 0.445. The number of aliphatic hydroxyl groups is 1. The van der Waals surface area contributed by atoms with E-state index in [1.807, 2.05) is 6.92 Å². The first-order valence-corrected chi connectivity index (χ1v) is 14.0. The Morgan fingerprint density at radius 2 is 1.74 bits per heavy atom. The largest absolute Gasteiger partial charge is 0.504 e. The summed E-state index contributed by atoms with van der Waals surface area (Å²) >= 11 is 0. The molecule has 0 aromatic carbocycles. The van der Waals surface area contributed by atoms with Gasteiger partial charge in [0.15, 0.2) is 5.76 Å². The second-order valence-corrected chi connectivity index (χ2v) is 13.7. The molecule has 0 amide bonds. The van der Waals surface area contributed by atoms with Crippen LogP contribution in [0.15, 0.2) is 46.3 Å². The third-order valence-corrected chi connectivity index (χ3v) is 11.1. The summed E-state index contributed by atoms with van der Waals surface area (Å²) in [4.78, 5) is 14.6. The monoisotopic (exact) mass is 479 g/mol. The molecule has 0 aliphatic heterocycles. The van der Waals surface area contributed by atoms with Crippen molar-refractivity contribution in [3.05, 3.63) is 46.3 Å². The van der Waals surface area contributed by atoms with Gasteiger partial charge in [-0.3, -0.25) is 4.79 Å². The van der Waals surface area contributed by atoms with Crippen molar-refractivity contribution < 1.29 is 9.90 Å². The van der Waals surface area contributed by atoms with Gasteiger partial charge in [-0.25, -0.2) is 0 Å². The maximum absolute atomic E-state index is 12.2. The van der Waals surface area contributed by atoms with Crippen molar-refractivity contribution in [2.75, 3.05) is 20.6 Å². The van der Waals surface area contributed by atoms with Gasteiger partial charge in [0.25, 0.3) is 0 Å². The molecule has 5 atom stereocenters. The molecule has 194 valence electrons. The zero-order valence-electron chi connectivity index (χ0n) is 23.7. The summed E-state index contributed by atoms with van der Waals surface area (Å²) in [5, 5.41) is 10.3. The summed E-state index contributed by atoms with van der Waals surface area (Å²) in [5.41, 5.74) is 5.72. The summed E-state index contributed by atoms with van der Waals surface area (Å²) in [7, 11) is 4.46. The third-order valence-electron chi connectivity index (χ3n) is 11.1. The van der Waals surface area contributed by atoms with Crippen LogP contribution in [0.25, 0.3) is 0 Å². The summed E-state index contributed by atoms with van der Waals surface area (Å²) in [6.45, 7) is 15.5. The summed E-state index contributed by atoms with van der Waals surface area (Å²) < 4.78 is 0. The van der Waals surface area contributed by atoms with Crippen LogP contribution in [-0.4, -0.2) is 36.4 Å². The number of allylic oxidation sites excluding steroid dienone is 7. The lowest BCUT2D eigenvalue weighted by atomic mass is 9.37. The van der Waals surface area contributed by atoms with E-state index in [-0.39, 0.29) is 17.0 Å². The van der Waals surface area contributed by atoms with Crippen molar-refractivity contribution in [3.8, 4) is 0 Å². The molecule has 3 nitrogen and oxygen atoms in total. The van der Waals surface area contributed by atoms with Crippen molar-refractivity contribution in [2.24, 2.45) is 27.6 Å². The minimum Gasteiger partial charge on any atom is -0.504 e. The van der Waals surface area contributed by atoms with E-state index in [2.05, 4.69) is 65.8 Å². The van der Waals surface area contributed by atoms with E-state index in [9.17, 15) is 9.90 Å². The highest BCUT2D eigenvalue weighted by Crippen LogP contribution is 2.71. The van der Waals surface area contributed by atoms with Crippen molar-refractivity contribution in [2.45, 2.75) is 99.3 Å². The lowest BCUT2D eigenvalue weighted by Crippen LogP contribution is -2.59. The van der Waals surface area contributed by atoms with Crippen LogP contribution in [0.1, 0.15) is 99.3 Å². The molecule has 1 N–H and O–H groups in total. The lowest BCUT2D eigenvalue weighted by molar-refractivity contribution is -0.153. The van der Waals surface area contributed by atoms with Gasteiger partial charge in [-0.05, 0) is 124 Å². The van der Waals surface area contributed by atoms with Gasteiger partial charge in [0.2, 0.25) is 5.78 Å². The molecule has 35 heavy (non-hydrogen) atoms. The van der Waals surface area contributed by atoms with Crippen LogP contribution in [0, 0.1) is 27.6 Å². The number of aliphatic hydroxyl groups excluding tert-OH is 1. The van der Waals surface area contributed by atoms with Gasteiger partial charge in [-0.1, -0.05) is 52.3 Å². The Hall–Kier alpha value is -1.61. The maximum Gasteiger partial charge on any atom is 0.220 e. The van der Waals surface area contributed by atoms with E-state index in [0.717, 1.165) is 35.5 Å². The van der Waals surface area contributed by atoms with Crippen LogP contribution in [0.4, 0.5) is 0 Å². The van der Waals surface area contributed by atoms with Gasteiger partial charge in [-0.15, -0.1) is 0 Å². The van der Waals surface area contributed by atoms with Crippen LogP contribution >= 0.6 is 0 Å². The van der Waals surface area contributed by atoms with E-state index in [1.54, 1.807) is 11.6 Å². The van der Waals surface area contributed by atoms with Crippen molar-refractivity contribution in [1.82, 2.24) is 4.90 Å². The molecule has 0 radical (unpaired) electrons. The highest BCUT2D eigenvalue weighted by molar-refractivity contribution is 6.06. The Balaban J connectivity index is 1.73. The molecule has 4 aliphatic carbocycles. The number of hydrogen-bond acceptors (Lipinski definition) is 3. The van der Waals surface area contributed by atoms with Gasteiger partial charge in [0, 0.05) is 12.1 Å². The normalized spacial score (nSPS) is 42.4. The molecule has 0 aromatic rings. The van der Waals surface area contributed by atoms with Gasteiger partial charge in [-0.2, -0.15) is 0 Å². The molecule has 0 saturated heterocycles. The molecule has 4 rings (SSSR count). The van der Waals surface area contributed by atoms with Gasteiger partial charge >= 0.3 is 0 Å². The van der Waals surface area contributed by atoms with Crippen molar-refractivity contribution in [1.29, 1.82) is 0 Å². The fourth-order valence-corrected chi connectivity index (χ4v) is 8.74. The number of carbonyl (C=O) groups excluding carboxylic acids is 1. The Bertz CT molecular complexity index is 1010. The highest BCUT2D eigenvalue weighted by Gasteiger charge is 2.62. The highest BCUT2D eigenvalue weighted by atomic mass is 16.3. The number of rotatable bonds is 4. The first-order chi connectivity index (χ1) is 16.3. The summed E-state index contributed by atoms with van der Waals surface area (Å²) in [6.07, 6.45) is 17.4. The topological polar surface area (TPSA) is 40.5 Å². The first-order valence-electron chi connectivity index (χ1n) is 14.0. The summed E-state index contributed by atoms with van der Waals surface area (Å²) in [5.74, 6) is 0.390. The third kappa shape index (κ3) is 4.30. The molecule has 4 aliphatic rings. The minimum atomic E-state index is -0.258. The number of ketones is 1. The maximum atomic E-state index is 12.2. The van der Waals surface area contributed by atoms with Crippen LogP contribution in [-0.2, 0) is 4.79 Å². The SMILES string of the molecule is CCC1=CC(=O)C(O)=C(C)/C1=C/C=C1\CCC[C@@]2(C)[C@@H]3C[C@](C)(CN(C)C)CC[C@]3(C)CC[C@]12C. The number of nitrogens with zero attached hydrogens (tertiary/aromatic N) is 1. The smallest absolute Gasteiger partial charge is 0.220 e. The average molecular weight is 480 g/mol. The van der Waals surface area contributed by atoms with Gasteiger partial charge in [0.1, 0.15) is 0 Å². The Morgan fingerprint density at radius 3 is 2.40 bits per heavy atom. The molecule has 0 bridgehead atoms. The fourth-order valence-electron chi connectivity index (χ4n) is 8.74. The van der Waals surface area contributed by atoms with Crippen molar-refractivity contribution >= 4 is 5.78 Å². The molecule has 3 saturated carbocycles. The second kappa shape index (κ2) is 9.05. The lowest BCUT2D eigenvalue weighted by Gasteiger charge is -2.67. The predicted octanol–water partition coefficient (Wildman–Crippen LogP) is 7.95. The molecular formula is C32H49NO2. The Labute approximate surface area is 214 Å². The molecule has 3 fully saturated rings. The predicted molar refractivity (Wildman–Crippen MR) is 146 cm³/mol. The average Bonchev–Trinajstić information content (AvgIpc) is 2.79. The van der Waals surface area contributed by atoms with Crippen molar-refractivity contribution in [3.63, 3.8) is 0 Å². The first kappa shape index (κ1) is 26.5. The molecule has 0 unspecified atom stereocenters. The standard InChI is InChI=1S/C32H49NO2/c1-9-23-19-26(34)28(35)22(2)25(23)13-12-24-11-10-14-32(6)27-20-29(3,21-33(7)8)15-16-30(27,4)17-18-31(24,32)5/h12-13,19,27,35H,9-11,14-18,20-21H2,1-8H3/b24-12+,25-13-/t27-,29-,30-,31-,32+/m1/s1. The zero-order chi connectivity index (χ0) is 25.8.